The van der Waals surface area contributed by atoms with Gasteiger partial charge in [-0.3, -0.25) is 24.6 Å². The number of carbonyl (C=O) groups is 2. The molecule has 4 aromatic rings. The van der Waals surface area contributed by atoms with Crippen molar-refractivity contribution in [2.75, 3.05) is 12.0 Å². The summed E-state index contributed by atoms with van der Waals surface area (Å²) < 4.78 is 5.32. The fourth-order valence-electron chi connectivity index (χ4n) is 4.56. The Kier molecular flexibility index (Phi) is 5.69. The van der Waals surface area contributed by atoms with Crippen LogP contribution in [0.4, 0.5) is 11.4 Å². The number of methoxy groups -OCH3 is 1. The van der Waals surface area contributed by atoms with Crippen LogP contribution in [-0.2, 0) is 9.59 Å². The number of non-ortho nitro benzene ring substituents is 1. The molecule has 36 heavy (non-hydrogen) atoms. The Hall–Kier alpha value is -4.98. The van der Waals surface area contributed by atoms with E-state index in [9.17, 15) is 24.8 Å². The quantitative estimate of drug-likeness (QED) is 0.135. The minimum absolute atomic E-state index is 0.0677. The molecule has 1 atom stereocenters. The Labute approximate surface area is 205 Å². The number of hydrogen-bond acceptors (Lipinski definition) is 6. The van der Waals surface area contributed by atoms with Gasteiger partial charge in [0.25, 0.3) is 17.4 Å². The highest BCUT2D eigenvalue weighted by molar-refractivity contribution is 6.52. The molecule has 0 aliphatic carbocycles. The summed E-state index contributed by atoms with van der Waals surface area (Å²) in [7, 11) is 1.50. The van der Waals surface area contributed by atoms with E-state index in [1.807, 2.05) is 36.4 Å². The lowest BCUT2D eigenvalue weighted by atomic mass is 9.91. The Morgan fingerprint density at radius 2 is 1.67 bits per heavy atom. The summed E-state index contributed by atoms with van der Waals surface area (Å²) in [5.74, 6) is -1.71. The molecule has 1 N–H and O–H groups in total. The Morgan fingerprint density at radius 1 is 0.944 bits per heavy atom. The largest absolute Gasteiger partial charge is 0.507 e. The standard InChI is InChI=1S/C28H20N2O6/c1-36-21-12-6-10-19(16-21)29-25(23-14-5-8-17-7-2-3-13-22(17)23)24(27(32)28(29)33)26(31)18-9-4-11-20(15-18)30(34)35/h2-16,25,31H,1H3/b26-24-. The number of Topliss-reactive ketones (excluding diaryl/α,β-unsaturated/α-hetero) is 1. The van der Waals surface area contributed by atoms with E-state index >= 15 is 0 Å². The molecular formula is C28H20N2O6. The number of amides is 1. The van der Waals surface area contributed by atoms with Crippen molar-refractivity contribution in [1.29, 1.82) is 0 Å². The Balaban J connectivity index is 1.80. The summed E-state index contributed by atoms with van der Waals surface area (Å²) in [4.78, 5) is 38.9. The minimum atomic E-state index is -0.984. The number of fused-ring (bicyclic) bond motifs is 1. The van der Waals surface area contributed by atoms with E-state index in [0.717, 1.165) is 10.8 Å². The van der Waals surface area contributed by atoms with E-state index < -0.39 is 28.4 Å². The number of ketones is 1. The van der Waals surface area contributed by atoms with Gasteiger partial charge in [-0.05, 0) is 28.5 Å². The van der Waals surface area contributed by atoms with Crippen LogP contribution in [-0.4, -0.2) is 28.8 Å². The van der Waals surface area contributed by atoms with Gasteiger partial charge in [-0.25, -0.2) is 0 Å². The van der Waals surface area contributed by atoms with Gasteiger partial charge in [-0.15, -0.1) is 0 Å². The zero-order chi connectivity index (χ0) is 25.4. The molecule has 0 bridgehead atoms. The first-order valence-electron chi connectivity index (χ1n) is 11.1. The van der Waals surface area contributed by atoms with E-state index in [4.69, 9.17) is 4.74 Å². The molecule has 1 unspecified atom stereocenters. The second-order valence-corrected chi connectivity index (χ2v) is 8.25. The average Bonchev–Trinajstić information content (AvgIpc) is 3.17. The molecule has 178 valence electrons. The van der Waals surface area contributed by atoms with Crippen molar-refractivity contribution in [2.45, 2.75) is 6.04 Å². The number of ether oxygens (including phenoxy) is 1. The minimum Gasteiger partial charge on any atom is -0.507 e. The average molecular weight is 480 g/mol. The van der Waals surface area contributed by atoms with Crippen molar-refractivity contribution in [3.05, 3.63) is 118 Å². The van der Waals surface area contributed by atoms with Crippen LogP contribution in [0.15, 0.2) is 96.6 Å². The van der Waals surface area contributed by atoms with Crippen LogP contribution in [0.3, 0.4) is 0 Å². The molecule has 1 aliphatic heterocycles. The predicted molar refractivity (Wildman–Crippen MR) is 135 cm³/mol. The van der Waals surface area contributed by atoms with Crippen molar-refractivity contribution in [3.8, 4) is 5.75 Å². The summed E-state index contributed by atoms with van der Waals surface area (Å²) in [6.07, 6.45) is 0. The molecule has 0 radical (unpaired) electrons. The second-order valence-electron chi connectivity index (χ2n) is 8.25. The topological polar surface area (TPSA) is 110 Å². The van der Waals surface area contributed by atoms with Gasteiger partial charge in [0, 0.05) is 29.4 Å². The lowest BCUT2D eigenvalue weighted by Crippen LogP contribution is -2.29. The number of carbonyl (C=O) groups excluding carboxylic acids is 2. The smallest absolute Gasteiger partial charge is 0.300 e. The van der Waals surface area contributed by atoms with Gasteiger partial charge in [-0.2, -0.15) is 0 Å². The molecule has 1 fully saturated rings. The van der Waals surface area contributed by atoms with Gasteiger partial charge in [-0.1, -0.05) is 60.7 Å². The van der Waals surface area contributed by atoms with E-state index in [1.165, 1.54) is 36.3 Å². The first kappa shape index (κ1) is 22.8. The summed E-state index contributed by atoms with van der Waals surface area (Å²) in [5.41, 5.74) is 0.704. The molecule has 1 amide bonds. The maximum atomic E-state index is 13.4. The van der Waals surface area contributed by atoms with Crippen LogP contribution in [0, 0.1) is 10.1 Å². The van der Waals surface area contributed by atoms with Gasteiger partial charge >= 0.3 is 0 Å². The number of benzene rings is 4. The zero-order valence-corrected chi connectivity index (χ0v) is 19.1. The molecule has 4 aromatic carbocycles. The molecule has 0 aromatic heterocycles. The van der Waals surface area contributed by atoms with Gasteiger partial charge in [0.15, 0.2) is 0 Å². The molecule has 0 saturated carbocycles. The third-order valence-corrected chi connectivity index (χ3v) is 6.22. The number of nitro benzene ring substituents is 1. The normalized spacial score (nSPS) is 16.9. The number of nitro groups is 1. The van der Waals surface area contributed by atoms with Crippen LogP contribution >= 0.6 is 0 Å². The van der Waals surface area contributed by atoms with Crippen molar-refractivity contribution < 1.29 is 24.4 Å². The number of aliphatic hydroxyl groups is 1. The number of hydrogen-bond donors (Lipinski definition) is 1. The van der Waals surface area contributed by atoms with Crippen molar-refractivity contribution >= 4 is 39.6 Å². The summed E-state index contributed by atoms with van der Waals surface area (Å²) in [5, 5.41) is 24.3. The van der Waals surface area contributed by atoms with Gasteiger partial charge in [0.2, 0.25) is 0 Å². The third-order valence-electron chi connectivity index (χ3n) is 6.22. The summed E-state index contributed by atoms with van der Waals surface area (Å²) in [6, 6.07) is 24.1. The van der Waals surface area contributed by atoms with Crippen LogP contribution in [0.5, 0.6) is 5.75 Å². The number of rotatable bonds is 5. The first-order chi connectivity index (χ1) is 17.4. The Morgan fingerprint density at radius 3 is 2.44 bits per heavy atom. The molecule has 1 saturated heterocycles. The molecule has 5 rings (SSSR count). The highest BCUT2D eigenvalue weighted by Crippen LogP contribution is 2.44. The van der Waals surface area contributed by atoms with Crippen LogP contribution in [0.2, 0.25) is 0 Å². The van der Waals surface area contributed by atoms with E-state index in [-0.39, 0.29) is 16.8 Å². The fourth-order valence-corrected chi connectivity index (χ4v) is 4.56. The van der Waals surface area contributed by atoms with Gasteiger partial charge < -0.3 is 9.84 Å². The van der Waals surface area contributed by atoms with Gasteiger partial charge in [0.05, 0.1) is 23.6 Å². The number of nitrogens with zero attached hydrogens (tertiary/aromatic N) is 2. The monoisotopic (exact) mass is 480 g/mol. The number of aliphatic hydroxyl groups excluding tert-OH is 1. The van der Waals surface area contributed by atoms with E-state index in [0.29, 0.717) is 17.0 Å². The van der Waals surface area contributed by atoms with E-state index in [1.54, 1.807) is 30.3 Å². The van der Waals surface area contributed by atoms with Crippen molar-refractivity contribution in [1.82, 2.24) is 0 Å². The van der Waals surface area contributed by atoms with Crippen molar-refractivity contribution in [3.63, 3.8) is 0 Å². The molecule has 0 spiro atoms. The first-order valence-corrected chi connectivity index (χ1v) is 11.1. The lowest BCUT2D eigenvalue weighted by Gasteiger charge is -2.26. The lowest BCUT2D eigenvalue weighted by molar-refractivity contribution is -0.384. The Bertz CT molecular complexity index is 1570. The molecule has 1 aliphatic rings. The van der Waals surface area contributed by atoms with Crippen LogP contribution in [0.25, 0.3) is 16.5 Å². The third kappa shape index (κ3) is 3.74. The maximum Gasteiger partial charge on any atom is 0.300 e. The van der Waals surface area contributed by atoms with Gasteiger partial charge in [0.1, 0.15) is 11.5 Å². The summed E-state index contributed by atoms with van der Waals surface area (Å²) in [6.45, 7) is 0. The summed E-state index contributed by atoms with van der Waals surface area (Å²) >= 11 is 0. The highest BCUT2D eigenvalue weighted by Gasteiger charge is 2.47. The van der Waals surface area contributed by atoms with Crippen molar-refractivity contribution in [2.24, 2.45) is 0 Å². The SMILES string of the molecule is COc1cccc(N2C(=O)C(=O)/C(=C(\O)c3cccc([N+](=O)[O-])c3)C2c2cccc3ccccc23)c1. The molecule has 8 nitrogen and oxygen atoms in total. The number of anilines is 1. The van der Waals surface area contributed by atoms with Crippen LogP contribution in [0.1, 0.15) is 17.2 Å². The zero-order valence-electron chi connectivity index (χ0n) is 19.1. The van der Waals surface area contributed by atoms with Crippen LogP contribution < -0.4 is 9.64 Å². The predicted octanol–water partition coefficient (Wildman–Crippen LogP) is 5.38. The highest BCUT2D eigenvalue weighted by atomic mass is 16.6. The fraction of sp³-hybridized carbons (Fsp3) is 0.0714. The molecule has 1 heterocycles. The molecular weight excluding hydrogens is 460 g/mol. The second kappa shape index (κ2) is 8.99. The maximum absolute atomic E-state index is 13.4. The molecule has 8 heteroatoms. The van der Waals surface area contributed by atoms with E-state index in [2.05, 4.69) is 0 Å².